The Morgan fingerprint density at radius 3 is 2.49 bits per heavy atom. The van der Waals surface area contributed by atoms with Gasteiger partial charge in [0.15, 0.2) is 5.79 Å². The van der Waals surface area contributed by atoms with Crippen LogP contribution in [-0.4, -0.2) is 35.6 Å². The smallest absolute Gasteiger partial charge is 0.229 e. The maximum Gasteiger partial charge on any atom is 0.229 e. The lowest BCUT2D eigenvalue weighted by atomic mass is 9.95. The number of hydrogen-bond donors (Lipinski definition) is 1. The van der Waals surface area contributed by atoms with Crippen molar-refractivity contribution in [2.75, 3.05) is 19.5 Å². The first kappa shape index (κ1) is 30.1. The molecule has 3 heterocycles. The number of aromatic nitrogens is 2. The first-order valence-corrected chi connectivity index (χ1v) is 14.6. The zero-order valence-electron chi connectivity index (χ0n) is 24.2. The summed E-state index contributed by atoms with van der Waals surface area (Å²) in [4.78, 5) is 8.87. The van der Waals surface area contributed by atoms with Gasteiger partial charge in [-0.3, -0.25) is 0 Å². The standard InChI is InChI=1S/C32H30FN5O4S/c1-18-27(37-30(41-18)23-12-11-21(39-4)13-26(23)33)17-43-31-25(15-35)28(24(14-34)29(36)38-31)20-8-5-19(6-9-20)7-10-22-16-40-32(2,3)42-22/h5-6,8-9,11-13,22H,7,10,16-17H2,1-4H3,(H2,36,38)/t22-/m1/s1. The fourth-order valence-electron chi connectivity index (χ4n) is 4.87. The topological polar surface area (TPSA) is 140 Å². The molecule has 0 unspecified atom stereocenters. The summed E-state index contributed by atoms with van der Waals surface area (Å²) in [6.07, 6.45) is 1.64. The van der Waals surface area contributed by atoms with Crippen molar-refractivity contribution in [1.82, 2.24) is 9.97 Å². The molecule has 5 rings (SSSR count). The highest BCUT2D eigenvalue weighted by atomic mass is 32.2. The molecule has 0 aliphatic carbocycles. The van der Waals surface area contributed by atoms with Crippen LogP contribution in [0.15, 0.2) is 51.9 Å². The molecule has 4 aromatic rings. The van der Waals surface area contributed by atoms with E-state index in [2.05, 4.69) is 22.1 Å². The number of benzene rings is 2. The van der Waals surface area contributed by atoms with Gasteiger partial charge in [-0.15, -0.1) is 0 Å². The Hall–Kier alpha value is -4.42. The number of pyridine rings is 1. The van der Waals surface area contributed by atoms with Gasteiger partial charge in [0, 0.05) is 17.4 Å². The molecule has 1 aliphatic heterocycles. The maximum atomic E-state index is 14.6. The van der Waals surface area contributed by atoms with Crippen LogP contribution in [0, 0.1) is 35.4 Å². The second-order valence-corrected chi connectivity index (χ2v) is 11.5. The molecule has 2 aromatic carbocycles. The molecule has 2 N–H and O–H groups in total. The Labute approximate surface area is 253 Å². The molecule has 1 atom stereocenters. The molecule has 2 aromatic heterocycles. The number of anilines is 1. The molecule has 220 valence electrons. The summed E-state index contributed by atoms with van der Waals surface area (Å²) >= 11 is 1.24. The Morgan fingerprint density at radius 2 is 1.86 bits per heavy atom. The Balaban J connectivity index is 1.37. The lowest BCUT2D eigenvalue weighted by molar-refractivity contribution is -0.138. The van der Waals surface area contributed by atoms with Crippen LogP contribution in [0.4, 0.5) is 10.2 Å². The normalized spacial score (nSPS) is 15.7. The van der Waals surface area contributed by atoms with Crippen LogP contribution in [0.3, 0.4) is 0 Å². The molecule has 9 nitrogen and oxygen atoms in total. The van der Waals surface area contributed by atoms with Gasteiger partial charge in [0.2, 0.25) is 5.89 Å². The van der Waals surface area contributed by atoms with Gasteiger partial charge in [-0.25, -0.2) is 14.4 Å². The average Bonchev–Trinajstić information content (AvgIpc) is 3.54. The van der Waals surface area contributed by atoms with Crippen molar-refractivity contribution in [1.29, 1.82) is 10.5 Å². The highest BCUT2D eigenvalue weighted by Gasteiger charge is 2.32. The van der Waals surface area contributed by atoms with E-state index in [1.807, 2.05) is 38.1 Å². The molecule has 1 saturated heterocycles. The Bertz CT molecular complexity index is 1740. The molecule has 0 amide bonds. The predicted octanol–water partition coefficient (Wildman–Crippen LogP) is 6.56. The molecular formula is C32H30FN5O4S. The number of aryl methyl sites for hydroxylation is 2. The SMILES string of the molecule is COc1ccc(-c2nc(CSc3nc(N)c(C#N)c(-c4ccc(CC[C@@H]5COC(C)(C)O5)cc4)c3C#N)c(C)o2)c(F)c1. The third-order valence-corrected chi connectivity index (χ3v) is 8.11. The first-order chi connectivity index (χ1) is 20.6. The van der Waals surface area contributed by atoms with Crippen LogP contribution < -0.4 is 10.5 Å². The molecule has 0 bridgehead atoms. The summed E-state index contributed by atoms with van der Waals surface area (Å²) in [6.45, 7) is 6.11. The Morgan fingerprint density at radius 1 is 1.12 bits per heavy atom. The van der Waals surface area contributed by atoms with Gasteiger partial charge < -0.3 is 24.4 Å². The minimum atomic E-state index is -0.559. The number of oxazole rings is 1. The minimum Gasteiger partial charge on any atom is -0.497 e. The summed E-state index contributed by atoms with van der Waals surface area (Å²) < 4.78 is 37.0. The molecule has 1 aliphatic rings. The number of ether oxygens (including phenoxy) is 3. The summed E-state index contributed by atoms with van der Waals surface area (Å²) in [6, 6.07) is 16.5. The van der Waals surface area contributed by atoms with Crippen LogP contribution in [0.25, 0.3) is 22.6 Å². The summed E-state index contributed by atoms with van der Waals surface area (Å²) in [5.74, 6) is 0.259. The second-order valence-electron chi connectivity index (χ2n) is 10.5. The van der Waals surface area contributed by atoms with E-state index in [1.165, 1.54) is 24.9 Å². The lowest BCUT2D eigenvalue weighted by Crippen LogP contribution is -2.21. The summed E-state index contributed by atoms with van der Waals surface area (Å²) in [7, 11) is 1.46. The van der Waals surface area contributed by atoms with E-state index in [0.29, 0.717) is 40.0 Å². The number of nitriles is 2. The zero-order valence-corrected chi connectivity index (χ0v) is 25.0. The van der Waals surface area contributed by atoms with Gasteiger partial charge in [0.25, 0.3) is 0 Å². The minimum absolute atomic E-state index is 0.0296. The summed E-state index contributed by atoms with van der Waals surface area (Å²) in [5.41, 5.74) is 9.57. The van der Waals surface area contributed by atoms with Gasteiger partial charge >= 0.3 is 0 Å². The number of thioether (sulfide) groups is 1. The first-order valence-electron chi connectivity index (χ1n) is 13.6. The van der Waals surface area contributed by atoms with Crippen LogP contribution in [-0.2, 0) is 21.6 Å². The van der Waals surface area contributed by atoms with E-state index < -0.39 is 11.6 Å². The number of nitrogens with zero attached hydrogens (tertiary/aromatic N) is 4. The highest BCUT2D eigenvalue weighted by Crippen LogP contribution is 2.38. The monoisotopic (exact) mass is 599 g/mol. The number of hydrogen-bond acceptors (Lipinski definition) is 10. The fraction of sp³-hybridized carbons (Fsp3) is 0.312. The number of nitrogen functional groups attached to an aromatic ring is 1. The van der Waals surface area contributed by atoms with Crippen molar-refractivity contribution >= 4 is 17.6 Å². The molecule has 0 radical (unpaired) electrons. The van der Waals surface area contributed by atoms with Crippen LogP contribution in [0.1, 0.15) is 48.4 Å². The number of halogens is 1. The molecular weight excluding hydrogens is 569 g/mol. The van der Waals surface area contributed by atoms with Gasteiger partial charge in [-0.05, 0) is 56.9 Å². The van der Waals surface area contributed by atoms with Gasteiger partial charge in [0.05, 0.1) is 36.6 Å². The van der Waals surface area contributed by atoms with E-state index in [1.54, 1.807) is 19.1 Å². The molecule has 11 heteroatoms. The number of methoxy groups -OCH3 is 1. The van der Waals surface area contributed by atoms with Crippen molar-refractivity contribution in [2.45, 2.75) is 56.3 Å². The van der Waals surface area contributed by atoms with Crippen LogP contribution in [0.5, 0.6) is 5.75 Å². The van der Waals surface area contributed by atoms with E-state index in [-0.39, 0.29) is 40.3 Å². The third-order valence-electron chi connectivity index (χ3n) is 7.13. The van der Waals surface area contributed by atoms with Crippen molar-refractivity contribution in [3.8, 4) is 40.5 Å². The quantitative estimate of drug-likeness (QED) is 0.210. The molecule has 0 saturated carbocycles. The van der Waals surface area contributed by atoms with Crippen LogP contribution in [0.2, 0.25) is 0 Å². The summed E-state index contributed by atoms with van der Waals surface area (Å²) in [5, 5.41) is 20.5. The van der Waals surface area contributed by atoms with Crippen molar-refractivity contribution < 1.29 is 23.0 Å². The molecule has 43 heavy (non-hydrogen) atoms. The zero-order chi connectivity index (χ0) is 30.7. The number of nitrogens with two attached hydrogens (primary N) is 1. The van der Waals surface area contributed by atoms with E-state index in [9.17, 15) is 14.9 Å². The van der Waals surface area contributed by atoms with E-state index >= 15 is 0 Å². The second kappa shape index (κ2) is 12.4. The third kappa shape index (κ3) is 6.50. The van der Waals surface area contributed by atoms with E-state index in [0.717, 1.165) is 18.4 Å². The van der Waals surface area contributed by atoms with Crippen molar-refractivity contribution in [3.63, 3.8) is 0 Å². The highest BCUT2D eigenvalue weighted by molar-refractivity contribution is 7.98. The predicted molar refractivity (Wildman–Crippen MR) is 159 cm³/mol. The maximum absolute atomic E-state index is 14.6. The fourth-order valence-corrected chi connectivity index (χ4v) is 5.87. The lowest BCUT2D eigenvalue weighted by Gasteiger charge is -2.17. The molecule has 1 fully saturated rings. The van der Waals surface area contributed by atoms with Gasteiger partial charge in [0.1, 0.15) is 45.9 Å². The van der Waals surface area contributed by atoms with Gasteiger partial charge in [-0.1, -0.05) is 36.0 Å². The largest absolute Gasteiger partial charge is 0.497 e. The molecule has 0 spiro atoms. The Kier molecular flexibility index (Phi) is 8.69. The van der Waals surface area contributed by atoms with E-state index in [4.69, 9.17) is 24.4 Å². The van der Waals surface area contributed by atoms with Crippen molar-refractivity contribution in [3.05, 3.63) is 76.4 Å². The van der Waals surface area contributed by atoms with Gasteiger partial charge in [-0.2, -0.15) is 10.5 Å². The van der Waals surface area contributed by atoms with Crippen molar-refractivity contribution in [2.24, 2.45) is 0 Å². The average molecular weight is 600 g/mol. The number of rotatable bonds is 9. The van der Waals surface area contributed by atoms with Crippen LogP contribution >= 0.6 is 11.8 Å².